The van der Waals surface area contributed by atoms with E-state index in [1.807, 2.05) is 42.7 Å². The molecule has 40 heavy (non-hydrogen) atoms. The Hall–Kier alpha value is -1.98. The molecule has 0 aliphatic rings. The molecule has 0 amide bonds. The molecule has 14 heteroatoms. The molecule has 0 aliphatic carbocycles. The quantitative estimate of drug-likeness (QED) is 0.0546. The van der Waals surface area contributed by atoms with Crippen LogP contribution >= 0.6 is 47.3 Å². The van der Waals surface area contributed by atoms with Crippen LogP contribution in [0.4, 0.5) is 0 Å². The van der Waals surface area contributed by atoms with Crippen LogP contribution in [0.5, 0.6) is 0 Å². The Morgan fingerprint density at radius 2 is 1.20 bits per heavy atom. The molecule has 0 saturated heterocycles. The minimum Gasteiger partial charge on any atom is -0.282 e. The first kappa shape index (κ1) is 31.0. The first-order valence-electron chi connectivity index (χ1n) is 11.2. The SMILES string of the molecule is CSc1ccc(Sc2ccc(Sc3ccc(S(=O)(=O)c4ccc(C)c(SOOO)c4)cc3S(=O)(=O)O)cc2)cc1. The van der Waals surface area contributed by atoms with Crippen molar-refractivity contribution in [3.8, 4) is 0 Å². The van der Waals surface area contributed by atoms with Crippen molar-refractivity contribution in [2.24, 2.45) is 0 Å². The van der Waals surface area contributed by atoms with Crippen LogP contribution in [0, 0.1) is 6.92 Å². The molecule has 0 spiro atoms. The zero-order valence-electron chi connectivity index (χ0n) is 20.9. The van der Waals surface area contributed by atoms with Crippen LogP contribution < -0.4 is 0 Å². The predicted octanol–water partition coefficient (Wildman–Crippen LogP) is 7.53. The van der Waals surface area contributed by atoms with Crippen LogP contribution in [-0.4, -0.2) is 32.9 Å². The van der Waals surface area contributed by atoms with Gasteiger partial charge in [0.2, 0.25) is 9.84 Å². The number of thioether (sulfide) groups is 1. The topological polar surface area (TPSA) is 127 Å². The van der Waals surface area contributed by atoms with Gasteiger partial charge in [0.25, 0.3) is 10.1 Å². The fraction of sp³-hybridized carbons (Fsp3) is 0.0769. The largest absolute Gasteiger partial charge is 0.295 e. The normalized spacial score (nSPS) is 12.0. The van der Waals surface area contributed by atoms with E-state index in [4.69, 9.17) is 5.26 Å². The van der Waals surface area contributed by atoms with Crippen LogP contribution in [0.15, 0.2) is 129 Å². The summed E-state index contributed by atoms with van der Waals surface area (Å²) >= 11 is 4.95. The van der Waals surface area contributed by atoms with Crippen LogP contribution in [0.25, 0.3) is 0 Å². The predicted molar refractivity (Wildman–Crippen MR) is 156 cm³/mol. The lowest BCUT2D eigenvalue weighted by molar-refractivity contribution is -0.432. The molecule has 4 aromatic rings. The summed E-state index contributed by atoms with van der Waals surface area (Å²) in [7, 11) is -8.94. The molecule has 8 nitrogen and oxygen atoms in total. The molecule has 0 unspecified atom stereocenters. The van der Waals surface area contributed by atoms with Gasteiger partial charge in [-0.2, -0.15) is 8.42 Å². The number of sulfone groups is 1. The van der Waals surface area contributed by atoms with Crippen molar-refractivity contribution in [3.63, 3.8) is 0 Å². The maximum absolute atomic E-state index is 13.3. The third-order valence-corrected chi connectivity index (χ3v) is 11.8. The fourth-order valence-electron chi connectivity index (χ4n) is 3.45. The Kier molecular flexibility index (Phi) is 10.3. The molecule has 4 aromatic carbocycles. The van der Waals surface area contributed by atoms with Gasteiger partial charge in [-0.25, -0.2) is 13.7 Å². The maximum atomic E-state index is 13.3. The Bertz CT molecular complexity index is 1710. The summed E-state index contributed by atoms with van der Waals surface area (Å²) in [6.07, 6.45) is 2.02. The highest BCUT2D eigenvalue weighted by Gasteiger charge is 2.24. The highest BCUT2D eigenvalue weighted by molar-refractivity contribution is 8.00. The van der Waals surface area contributed by atoms with E-state index < -0.39 is 24.9 Å². The first-order chi connectivity index (χ1) is 19.0. The van der Waals surface area contributed by atoms with Gasteiger partial charge in [-0.1, -0.05) is 34.6 Å². The van der Waals surface area contributed by atoms with Gasteiger partial charge in [0.1, 0.15) is 4.90 Å². The van der Waals surface area contributed by atoms with E-state index in [0.717, 1.165) is 27.6 Å². The summed E-state index contributed by atoms with van der Waals surface area (Å²) in [4.78, 5) is 3.50. The number of hydrogen-bond donors (Lipinski definition) is 2. The van der Waals surface area contributed by atoms with Gasteiger partial charge in [-0.05, 0) is 97.6 Å². The van der Waals surface area contributed by atoms with E-state index in [2.05, 4.69) is 21.5 Å². The second-order valence-electron chi connectivity index (χ2n) is 8.09. The van der Waals surface area contributed by atoms with Crippen molar-refractivity contribution in [2.45, 2.75) is 51.0 Å². The Labute approximate surface area is 249 Å². The lowest BCUT2D eigenvalue weighted by atomic mass is 10.2. The van der Waals surface area contributed by atoms with Crippen molar-refractivity contribution >= 4 is 67.3 Å². The Balaban J connectivity index is 1.59. The highest BCUT2D eigenvalue weighted by Crippen LogP contribution is 2.37. The van der Waals surface area contributed by atoms with Crippen molar-refractivity contribution in [2.75, 3.05) is 6.26 Å². The van der Waals surface area contributed by atoms with E-state index in [0.29, 0.717) is 27.4 Å². The van der Waals surface area contributed by atoms with Gasteiger partial charge < -0.3 is 0 Å². The summed E-state index contributed by atoms with van der Waals surface area (Å²) in [5, 5.41) is 12.0. The molecule has 0 aromatic heterocycles. The fourth-order valence-corrected chi connectivity index (χ4v) is 8.47. The molecule has 0 radical (unpaired) electrons. The van der Waals surface area contributed by atoms with E-state index in [1.165, 1.54) is 35.2 Å². The average molecular weight is 655 g/mol. The second-order valence-corrected chi connectivity index (χ2v) is 15.3. The van der Waals surface area contributed by atoms with Crippen LogP contribution in [0.1, 0.15) is 5.56 Å². The van der Waals surface area contributed by atoms with Gasteiger partial charge in [0.15, 0.2) is 0 Å². The number of rotatable bonds is 11. The van der Waals surface area contributed by atoms with Crippen molar-refractivity contribution < 1.29 is 36.0 Å². The van der Waals surface area contributed by atoms with Crippen molar-refractivity contribution in [3.05, 3.63) is 90.5 Å². The zero-order chi connectivity index (χ0) is 28.9. The van der Waals surface area contributed by atoms with Gasteiger partial charge in [-0.15, -0.1) is 16.1 Å². The van der Waals surface area contributed by atoms with Gasteiger partial charge in [0, 0.05) is 29.4 Å². The smallest absolute Gasteiger partial charge is 0.282 e. The zero-order valence-corrected chi connectivity index (χ0v) is 25.8. The van der Waals surface area contributed by atoms with Gasteiger partial charge in [-0.3, -0.25) is 4.55 Å². The Morgan fingerprint density at radius 3 is 1.75 bits per heavy atom. The molecule has 210 valence electrons. The lowest BCUT2D eigenvalue weighted by Gasteiger charge is -2.12. The average Bonchev–Trinajstić information content (AvgIpc) is 2.93. The first-order valence-corrected chi connectivity index (χ1v) is 17.8. The van der Waals surface area contributed by atoms with E-state index >= 15 is 0 Å². The molecule has 0 heterocycles. The third kappa shape index (κ3) is 7.64. The maximum Gasteiger partial charge on any atom is 0.295 e. The molecular formula is C26H22O8S6. The highest BCUT2D eigenvalue weighted by atomic mass is 32.2. The lowest BCUT2D eigenvalue weighted by Crippen LogP contribution is -2.06. The third-order valence-electron chi connectivity index (χ3n) is 5.47. The van der Waals surface area contributed by atoms with Crippen LogP contribution in [-0.2, 0) is 29.3 Å². The molecule has 0 saturated carbocycles. The van der Waals surface area contributed by atoms with Crippen LogP contribution in [0.2, 0.25) is 0 Å². The Morgan fingerprint density at radius 1 is 0.675 bits per heavy atom. The number of hydrogen-bond acceptors (Lipinski definition) is 11. The molecule has 0 atom stereocenters. The van der Waals surface area contributed by atoms with Crippen molar-refractivity contribution in [1.29, 1.82) is 0 Å². The van der Waals surface area contributed by atoms with Gasteiger partial charge in [0.05, 0.1) is 21.8 Å². The van der Waals surface area contributed by atoms with Crippen molar-refractivity contribution in [1.82, 2.24) is 0 Å². The summed E-state index contributed by atoms with van der Waals surface area (Å²) in [5.41, 5.74) is 0.657. The minimum absolute atomic E-state index is 0.139. The molecule has 4 rings (SSSR count). The monoisotopic (exact) mass is 654 g/mol. The molecule has 0 bridgehead atoms. The number of benzene rings is 4. The van der Waals surface area contributed by atoms with E-state index in [9.17, 15) is 21.4 Å². The summed E-state index contributed by atoms with van der Waals surface area (Å²) in [6, 6.07) is 23.4. The molecule has 0 aliphatic heterocycles. The second kappa shape index (κ2) is 13.3. The number of aryl methyl sites for hydroxylation is 1. The summed E-state index contributed by atoms with van der Waals surface area (Å²) in [6.45, 7) is 1.70. The molecule has 2 N–H and O–H groups in total. The summed E-state index contributed by atoms with van der Waals surface area (Å²) < 4.78 is 65.5. The van der Waals surface area contributed by atoms with Gasteiger partial charge >= 0.3 is 0 Å². The summed E-state index contributed by atoms with van der Waals surface area (Å²) in [5.74, 6) is 0. The minimum atomic E-state index is -4.76. The standard InChI is InChI=1S/C26H22O8S6/c1-17-3-12-22(15-25(17)38-34-33-27)39(28,29)23-13-14-24(26(16-23)40(30,31)32)37-21-10-8-20(9-11-21)36-19-6-4-18(35-2)5-7-19/h3-16,27H,1-2H3,(H,30,31,32). The van der Waals surface area contributed by atoms with E-state index in [-0.39, 0.29) is 14.7 Å². The molecule has 0 fully saturated rings. The van der Waals surface area contributed by atoms with Crippen LogP contribution in [0.3, 0.4) is 0 Å². The molecular weight excluding hydrogens is 633 g/mol. The van der Waals surface area contributed by atoms with E-state index in [1.54, 1.807) is 30.4 Å².